The van der Waals surface area contributed by atoms with Crippen LogP contribution in [0.2, 0.25) is 0 Å². The Morgan fingerprint density at radius 2 is 1.78 bits per heavy atom. The standard InChI is InChI=1S/C37H46FN7O8S/c1-36(2,51)30-10-13-41-45(30)26-19-29(34(49)43-37(31(46)32(39)47)11-14-54(52,53)15-12-37)44(21-26)35(50)28(16-22-6-4-3-5-7-22)42-33(48)24-17-23-8-9-25(38)18-27(23)40-20-24/h8-10,13,17-18,20,22,26,28-29,51H,3-7,11-12,14-16,19,21H2,1-2H3,(H2,39,47)(H,42,48)(H,43,49)/t26-,28+,29-/m0/s1. The van der Waals surface area contributed by atoms with Crippen molar-refractivity contribution in [1.82, 2.24) is 30.3 Å². The minimum Gasteiger partial charge on any atom is -0.384 e. The predicted octanol–water partition coefficient (Wildman–Crippen LogP) is 1.83. The van der Waals surface area contributed by atoms with Crippen molar-refractivity contribution in [3.8, 4) is 0 Å². The summed E-state index contributed by atoms with van der Waals surface area (Å²) in [7, 11) is -3.54. The monoisotopic (exact) mass is 767 g/mol. The Morgan fingerprint density at radius 3 is 2.44 bits per heavy atom. The highest BCUT2D eigenvalue weighted by atomic mass is 32.2. The number of hydrogen-bond donors (Lipinski definition) is 4. The zero-order valence-electron chi connectivity index (χ0n) is 30.3. The van der Waals surface area contributed by atoms with Crippen LogP contribution < -0.4 is 16.4 Å². The molecule has 4 heterocycles. The first kappa shape index (κ1) is 38.9. The van der Waals surface area contributed by atoms with Gasteiger partial charge in [0.1, 0.15) is 29.0 Å². The largest absolute Gasteiger partial charge is 0.384 e. The summed E-state index contributed by atoms with van der Waals surface area (Å²) in [6.07, 6.45) is 6.99. The van der Waals surface area contributed by atoms with E-state index in [1.165, 1.54) is 35.5 Å². The van der Waals surface area contributed by atoms with Gasteiger partial charge in [-0.15, -0.1) is 0 Å². The highest BCUT2D eigenvalue weighted by Crippen LogP contribution is 2.35. The number of carbonyl (C=O) groups is 5. The van der Waals surface area contributed by atoms with Crippen molar-refractivity contribution in [3.63, 3.8) is 0 Å². The molecule has 0 radical (unpaired) electrons. The number of halogens is 1. The zero-order valence-corrected chi connectivity index (χ0v) is 31.1. The second-order valence-electron chi connectivity index (χ2n) is 15.4. The van der Waals surface area contributed by atoms with E-state index in [4.69, 9.17) is 5.73 Å². The zero-order chi connectivity index (χ0) is 39.0. The highest BCUT2D eigenvalue weighted by Gasteiger charge is 2.50. The average Bonchev–Trinajstić information content (AvgIpc) is 3.81. The number of aromatic nitrogens is 3. The molecule has 3 fully saturated rings. The number of carbonyl (C=O) groups excluding carboxylic acids is 5. The molecular weight excluding hydrogens is 722 g/mol. The highest BCUT2D eigenvalue weighted by molar-refractivity contribution is 7.91. The molecule has 3 atom stereocenters. The van der Waals surface area contributed by atoms with Crippen LogP contribution in [0.4, 0.5) is 4.39 Å². The quantitative estimate of drug-likeness (QED) is 0.207. The Labute approximate surface area is 312 Å². The van der Waals surface area contributed by atoms with E-state index in [-0.39, 0.29) is 43.7 Å². The van der Waals surface area contributed by atoms with E-state index in [2.05, 4.69) is 20.7 Å². The lowest BCUT2D eigenvalue weighted by atomic mass is 9.84. The summed E-state index contributed by atoms with van der Waals surface area (Å²) in [6, 6.07) is 4.21. The number of fused-ring (bicyclic) bond motifs is 1. The van der Waals surface area contributed by atoms with Gasteiger partial charge >= 0.3 is 0 Å². The van der Waals surface area contributed by atoms with Crippen LogP contribution in [0.3, 0.4) is 0 Å². The third kappa shape index (κ3) is 8.31. The molecule has 2 aromatic heterocycles. The number of hydrogen-bond acceptors (Lipinski definition) is 10. The molecule has 1 aliphatic carbocycles. The molecule has 0 unspecified atom stereocenters. The minimum atomic E-state index is -3.54. The maximum Gasteiger partial charge on any atom is 0.287 e. The summed E-state index contributed by atoms with van der Waals surface area (Å²) in [4.78, 5) is 73.9. The number of likely N-dealkylation sites (tertiary alicyclic amines) is 1. The Kier molecular flexibility index (Phi) is 10.9. The van der Waals surface area contributed by atoms with Crippen molar-refractivity contribution < 1.29 is 41.9 Å². The summed E-state index contributed by atoms with van der Waals surface area (Å²) >= 11 is 0. The number of nitrogens with two attached hydrogens (primary N) is 1. The van der Waals surface area contributed by atoms with Crippen LogP contribution in [0.15, 0.2) is 42.7 Å². The lowest BCUT2D eigenvalue weighted by Gasteiger charge is -2.37. The Balaban J connectivity index is 1.34. The fourth-order valence-corrected chi connectivity index (χ4v) is 9.58. The molecule has 4 amide bonds. The van der Waals surface area contributed by atoms with Crippen molar-refractivity contribution in [2.45, 2.75) is 101 Å². The van der Waals surface area contributed by atoms with Crippen molar-refractivity contribution >= 4 is 50.2 Å². The van der Waals surface area contributed by atoms with Crippen LogP contribution >= 0.6 is 0 Å². The van der Waals surface area contributed by atoms with Gasteiger partial charge in [-0.3, -0.25) is 33.6 Å². The van der Waals surface area contributed by atoms with Crippen LogP contribution in [0, 0.1) is 11.7 Å². The third-order valence-electron chi connectivity index (χ3n) is 11.0. The van der Waals surface area contributed by atoms with E-state index in [0.717, 1.165) is 32.1 Å². The van der Waals surface area contributed by atoms with Crippen LogP contribution in [-0.2, 0) is 34.6 Å². The predicted molar refractivity (Wildman–Crippen MR) is 194 cm³/mol. The first-order valence-corrected chi connectivity index (χ1v) is 20.1. The fourth-order valence-electron chi connectivity index (χ4n) is 8.06. The van der Waals surface area contributed by atoms with Gasteiger partial charge in [0.15, 0.2) is 9.84 Å². The molecule has 6 rings (SSSR count). The van der Waals surface area contributed by atoms with Crippen LogP contribution in [-0.4, -0.2) is 98.3 Å². The molecule has 1 saturated carbocycles. The van der Waals surface area contributed by atoms with Gasteiger partial charge in [-0.05, 0) is 63.3 Å². The maximum atomic E-state index is 14.8. The number of nitrogens with one attached hydrogen (secondary N) is 2. The van der Waals surface area contributed by atoms with Gasteiger partial charge in [0.25, 0.3) is 11.8 Å². The van der Waals surface area contributed by atoms with Crippen molar-refractivity contribution in [1.29, 1.82) is 0 Å². The number of rotatable bonds is 11. The molecule has 290 valence electrons. The number of benzene rings is 1. The molecule has 0 spiro atoms. The normalized spacial score (nSPS) is 22.0. The number of pyridine rings is 1. The van der Waals surface area contributed by atoms with E-state index in [0.29, 0.717) is 16.6 Å². The van der Waals surface area contributed by atoms with Crippen LogP contribution in [0.5, 0.6) is 0 Å². The lowest BCUT2D eigenvalue weighted by Crippen LogP contribution is -2.64. The molecule has 0 bridgehead atoms. The Hall–Kier alpha value is -4.77. The van der Waals surface area contributed by atoms with Gasteiger partial charge in [-0.2, -0.15) is 5.10 Å². The van der Waals surface area contributed by atoms with Crippen molar-refractivity contribution in [2.24, 2.45) is 11.7 Å². The average molecular weight is 768 g/mol. The van der Waals surface area contributed by atoms with Gasteiger partial charge in [0.05, 0.1) is 34.3 Å². The number of primary amides is 1. The second-order valence-corrected chi connectivity index (χ2v) is 17.7. The van der Waals surface area contributed by atoms with Crippen molar-refractivity contribution in [3.05, 3.63) is 59.8 Å². The molecule has 17 heteroatoms. The van der Waals surface area contributed by atoms with Gasteiger partial charge in [-0.1, -0.05) is 32.1 Å². The van der Waals surface area contributed by atoms with E-state index >= 15 is 0 Å². The Morgan fingerprint density at radius 1 is 1.07 bits per heavy atom. The molecular formula is C37H46FN7O8S. The summed E-state index contributed by atoms with van der Waals surface area (Å²) in [5.41, 5.74) is 3.07. The maximum absolute atomic E-state index is 14.8. The van der Waals surface area contributed by atoms with Gasteiger partial charge in [-0.25, -0.2) is 12.8 Å². The number of amides is 4. The molecule has 54 heavy (non-hydrogen) atoms. The number of ketones is 1. The summed E-state index contributed by atoms with van der Waals surface area (Å²) in [5.74, 6) is -5.72. The number of Topliss-reactive ketones (excluding diaryl/α,β-unsaturated/α-hetero) is 1. The van der Waals surface area contributed by atoms with Gasteiger partial charge < -0.3 is 26.4 Å². The van der Waals surface area contributed by atoms with Crippen LogP contribution in [0.1, 0.15) is 93.7 Å². The lowest BCUT2D eigenvalue weighted by molar-refractivity contribution is -0.145. The van der Waals surface area contributed by atoms with E-state index in [1.807, 2.05) is 0 Å². The molecule has 5 N–H and O–H groups in total. The summed E-state index contributed by atoms with van der Waals surface area (Å²) in [5, 5.41) is 21.4. The molecule has 2 saturated heterocycles. The number of sulfone groups is 1. The van der Waals surface area contributed by atoms with Crippen LogP contribution in [0.25, 0.3) is 10.9 Å². The number of nitrogens with zero attached hydrogens (tertiary/aromatic N) is 4. The van der Waals surface area contributed by atoms with Gasteiger partial charge in [0.2, 0.25) is 17.6 Å². The van der Waals surface area contributed by atoms with Crippen molar-refractivity contribution in [2.75, 3.05) is 18.1 Å². The molecule has 3 aromatic rings. The van der Waals surface area contributed by atoms with E-state index in [1.54, 1.807) is 30.7 Å². The van der Waals surface area contributed by atoms with Gasteiger partial charge in [0, 0.05) is 36.8 Å². The SMILES string of the molecule is CC(C)(O)c1ccnn1[C@H]1C[C@@H](C(=O)NC2(C(=O)C(N)=O)CCS(=O)(=O)CC2)N(C(=O)[C@@H](CC2CCCCC2)NC(=O)c2cnc3cc(F)ccc3c2)C1. The molecule has 1 aromatic carbocycles. The number of aliphatic hydroxyl groups is 1. The molecule has 2 aliphatic heterocycles. The smallest absolute Gasteiger partial charge is 0.287 e. The third-order valence-corrected chi connectivity index (χ3v) is 12.7. The fraction of sp³-hybridized carbons (Fsp3) is 0.541. The molecule has 15 nitrogen and oxygen atoms in total. The van der Waals surface area contributed by atoms with E-state index < -0.39 is 85.8 Å². The minimum absolute atomic E-state index is 0.0171. The summed E-state index contributed by atoms with van der Waals surface area (Å²) < 4.78 is 40.0. The first-order valence-electron chi connectivity index (χ1n) is 18.3. The topological polar surface area (TPSA) is 224 Å². The molecule has 3 aliphatic rings. The first-order chi connectivity index (χ1) is 25.5. The summed E-state index contributed by atoms with van der Waals surface area (Å²) in [6.45, 7) is 3.09. The Bertz CT molecular complexity index is 2060. The second kappa shape index (κ2) is 15.2. The van der Waals surface area contributed by atoms with E-state index in [9.17, 15) is 41.9 Å².